The summed E-state index contributed by atoms with van der Waals surface area (Å²) < 4.78 is 5.09. The van der Waals surface area contributed by atoms with Gasteiger partial charge in [0.05, 0.1) is 6.61 Å². The van der Waals surface area contributed by atoms with Crippen LogP contribution in [-0.4, -0.2) is 67.9 Å². The van der Waals surface area contributed by atoms with E-state index in [1.54, 1.807) is 7.11 Å². The molecule has 0 aliphatic carbocycles. The van der Waals surface area contributed by atoms with Gasteiger partial charge < -0.3 is 15.0 Å². The number of piperazine rings is 1. The zero-order chi connectivity index (χ0) is 18.9. The molecular formula is C21H29N5O. The van der Waals surface area contributed by atoms with Gasteiger partial charge in [-0.2, -0.15) is 4.98 Å². The molecular weight excluding hydrogens is 338 g/mol. The van der Waals surface area contributed by atoms with Crippen LogP contribution >= 0.6 is 0 Å². The highest BCUT2D eigenvalue weighted by atomic mass is 16.5. The van der Waals surface area contributed by atoms with Gasteiger partial charge in [0.25, 0.3) is 0 Å². The van der Waals surface area contributed by atoms with Crippen LogP contribution in [0.4, 0.5) is 11.8 Å². The Morgan fingerprint density at radius 1 is 1.11 bits per heavy atom. The number of nitrogens with zero attached hydrogens (tertiary/aromatic N) is 4. The molecule has 0 spiro atoms. The lowest BCUT2D eigenvalue weighted by atomic mass is 10.2. The zero-order valence-electron chi connectivity index (χ0n) is 16.3. The molecule has 0 radical (unpaired) electrons. The van der Waals surface area contributed by atoms with Crippen molar-refractivity contribution in [2.75, 3.05) is 63.2 Å². The summed E-state index contributed by atoms with van der Waals surface area (Å²) in [7, 11) is 1.70. The summed E-state index contributed by atoms with van der Waals surface area (Å²) >= 11 is 0. The fraction of sp³-hybridized carbons (Fsp3) is 0.429. The second-order valence-electron chi connectivity index (χ2n) is 6.71. The molecule has 0 unspecified atom stereocenters. The first-order chi connectivity index (χ1) is 13.2. The Morgan fingerprint density at radius 2 is 1.89 bits per heavy atom. The predicted octanol–water partition coefficient (Wildman–Crippen LogP) is 2.68. The average Bonchev–Trinajstić information content (AvgIpc) is 2.69. The van der Waals surface area contributed by atoms with Crippen molar-refractivity contribution >= 4 is 17.8 Å². The highest BCUT2D eigenvalue weighted by molar-refractivity contribution is 5.49. The van der Waals surface area contributed by atoms with Crippen molar-refractivity contribution in [1.82, 2.24) is 14.9 Å². The highest BCUT2D eigenvalue weighted by Crippen LogP contribution is 2.16. The third-order valence-electron chi connectivity index (χ3n) is 4.58. The fourth-order valence-corrected chi connectivity index (χ4v) is 3.10. The quantitative estimate of drug-likeness (QED) is 0.724. The molecule has 6 heteroatoms. The SMILES string of the molecule is COCCNc1cc(C)nc(N2CCN(C/C=C/c3ccccc3)CC2)n1. The van der Waals surface area contributed by atoms with Gasteiger partial charge in [-0.15, -0.1) is 0 Å². The molecule has 0 amide bonds. The first-order valence-corrected chi connectivity index (χ1v) is 9.52. The van der Waals surface area contributed by atoms with E-state index in [-0.39, 0.29) is 0 Å². The van der Waals surface area contributed by atoms with Gasteiger partial charge in [-0.05, 0) is 12.5 Å². The zero-order valence-corrected chi connectivity index (χ0v) is 16.3. The van der Waals surface area contributed by atoms with Crippen molar-refractivity contribution in [2.45, 2.75) is 6.92 Å². The lowest BCUT2D eigenvalue weighted by Gasteiger charge is -2.34. The van der Waals surface area contributed by atoms with Crippen LogP contribution in [0.3, 0.4) is 0 Å². The maximum absolute atomic E-state index is 5.09. The molecule has 1 aromatic carbocycles. The molecule has 1 fully saturated rings. The topological polar surface area (TPSA) is 53.5 Å². The highest BCUT2D eigenvalue weighted by Gasteiger charge is 2.18. The van der Waals surface area contributed by atoms with E-state index in [9.17, 15) is 0 Å². The van der Waals surface area contributed by atoms with E-state index in [4.69, 9.17) is 4.74 Å². The smallest absolute Gasteiger partial charge is 0.227 e. The summed E-state index contributed by atoms with van der Waals surface area (Å²) in [4.78, 5) is 14.0. The van der Waals surface area contributed by atoms with Crippen molar-refractivity contribution < 1.29 is 4.74 Å². The lowest BCUT2D eigenvalue weighted by molar-refractivity contribution is 0.210. The molecule has 1 aromatic heterocycles. The summed E-state index contributed by atoms with van der Waals surface area (Å²) in [5, 5.41) is 3.30. The number of ether oxygens (including phenoxy) is 1. The molecule has 3 rings (SSSR count). The van der Waals surface area contributed by atoms with Crippen molar-refractivity contribution in [3.63, 3.8) is 0 Å². The monoisotopic (exact) mass is 367 g/mol. The van der Waals surface area contributed by atoms with Crippen LogP contribution in [0.5, 0.6) is 0 Å². The lowest BCUT2D eigenvalue weighted by Crippen LogP contribution is -2.47. The molecule has 27 heavy (non-hydrogen) atoms. The van der Waals surface area contributed by atoms with Crippen LogP contribution in [0.15, 0.2) is 42.5 Å². The normalized spacial score (nSPS) is 15.4. The summed E-state index contributed by atoms with van der Waals surface area (Å²) in [5.74, 6) is 1.68. The van der Waals surface area contributed by atoms with E-state index < -0.39 is 0 Å². The van der Waals surface area contributed by atoms with Gasteiger partial charge in [-0.1, -0.05) is 42.5 Å². The van der Waals surface area contributed by atoms with E-state index in [0.29, 0.717) is 6.61 Å². The van der Waals surface area contributed by atoms with E-state index in [2.05, 4.69) is 61.5 Å². The van der Waals surface area contributed by atoms with Crippen LogP contribution in [0.2, 0.25) is 0 Å². The second-order valence-corrected chi connectivity index (χ2v) is 6.71. The van der Waals surface area contributed by atoms with E-state index in [1.807, 2.05) is 19.1 Å². The third kappa shape index (κ3) is 6.05. The Balaban J connectivity index is 1.50. The maximum atomic E-state index is 5.09. The molecule has 0 bridgehead atoms. The minimum Gasteiger partial charge on any atom is -0.383 e. The molecule has 2 heterocycles. The largest absolute Gasteiger partial charge is 0.383 e. The Bertz CT molecular complexity index is 727. The molecule has 1 N–H and O–H groups in total. The molecule has 0 atom stereocenters. The molecule has 6 nitrogen and oxygen atoms in total. The summed E-state index contributed by atoms with van der Waals surface area (Å²) in [6, 6.07) is 12.4. The molecule has 1 aliphatic heterocycles. The number of methoxy groups -OCH3 is 1. The predicted molar refractivity (Wildman–Crippen MR) is 111 cm³/mol. The number of aromatic nitrogens is 2. The number of nitrogens with one attached hydrogen (secondary N) is 1. The van der Waals surface area contributed by atoms with Gasteiger partial charge in [-0.25, -0.2) is 4.98 Å². The Morgan fingerprint density at radius 3 is 2.63 bits per heavy atom. The van der Waals surface area contributed by atoms with Crippen LogP contribution in [-0.2, 0) is 4.74 Å². The van der Waals surface area contributed by atoms with E-state index in [1.165, 1.54) is 5.56 Å². The Kier molecular flexibility index (Phi) is 7.19. The molecule has 2 aromatic rings. The fourth-order valence-electron chi connectivity index (χ4n) is 3.10. The van der Waals surface area contributed by atoms with Crippen LogP contribution in [0, 0.1) is 6.92 Å². The van der Waals surface area contributed by atoms with Gasteiger partial charge in [0.1, 0.15) is 5.82 Å². The number of hydrogen-bond acceptors (Lipinski definition) is 6. The Labute approximate surface area is 161 Å². The Hall–Kier alpha value is -2.44. The van der Waals surface area contributed by atoms with Gasteiger partial charge in [0.15, 0.2) is 0 Å². The van der Waals surface area contributed by atoms with Crippen molar-refractivity contribution in [1.29, 1.82) is 0 Å². The number of benzene rings is 1. The summed E-state index contributed by atoms with van der Waals surface area (Å²) in [6.45, 7) is 8.31. The minimum atomic E-state index is 0.660. The van der Waals surface area contributed by atoms with Gasteiger partial charge in [0.2, 0.25) is 5.95 Å². The maximum Gasteiger partial charge on any atom is 0.227 e. The van der Waals surface area contributed by atoms with Gasteiger partial charge in [-0.3, -0.25) is 4.90 Å². The molecule has 0 saturated carbocycles. The summed E-state index contributed by atoms with van der Waals surface area (Å²) in [5.41, 5.74) is 2.23. The van der Waals surface area contributed by atoms with Crippen LogP contribution < -0.4 is 10.2 Å². The van der Waals surface area contributed by atoms with E-state index >= 15 is 0 Å². The van der Waals surface area contributed by atoms with Crippen molar-refractivity contribution in [3.05, 3.63) is 53.7 Å². The molecule has 144 valence electrons. The number of hydrogen-bond donors (Lipinski definition) is 1. The third-order valence-corrected chi connectivity index (χ3v) is 4.58. The first-order valence-electron chi connectivity index (χ1n) is 9.52. The van der Waals surface area contributed by atoms with Crippen molar-refractivity contribution in [3.8, 4) is 0 Å². The number of aryl methyl sites for hydroxylation is 1. The first kappa shape index (κ1) is 19.3. The standard InChI is InChI=1S/C21H29N5O/c1-18-17-20(22-10-16-27-2)24-21(23-18)26-14-12-25(13-15-26)11-6-9-19-7-4-3-5-8-19/h3-9,17H,10-16H2,1-2H3,(H,22,23,24)/b9-6+. The van der Waals surface area contributed by atoms with Crippen LogP contribution in [0.1, 0.15) is 11.3 Å². The second kappa shape index (κ2) is 10.0. The minimum absolute atomic E-state index is 0.660. The van der Waals surface area contributed by atoms with Crippen molar-refractivity contribution in [2.24, 2.45) is 0 Å². The number of rotatable bonds is 8. The van der Waals surface area contributed by atoms with Crippen LogP contribution in [0.25, 0.3) is 6.08 Å². The average molecular weight is 367 g/mol. The van der Waals surface area contributed by atoms with Gasteiger partial charge >= 0.3 is 0 Å². The van der Waals surface area contributed by atoms with Gasteiger partial charge in [0, 0.05) is 58.1 Å². The molecule has 1 aliphatic rings. The molecule has 1 saturated heterocycles. The number of anilines is 2. The van der Waals surface area contributed by atoms with E-state index in [0.717, 1.165) is 56.7 Å². The summed E-state index contributed by atoms with van der Waals surface area (Å²) in [6.07, 6.45) is 4.43.